The van der Waals surface area contributed by atoms with Gasteiger partial charge >= 0.3 is 0 Å². The first-order valence-electron chi connectivity index (χ1n) is 11.4. The second-order valence-corrected chi connectivity index (χ2v) is 9.28. The van der Waals surface area contributed by atoms with Crippen molar-refractivity contribution in [2.24, 2.45) is 0 Å². The van der Waals surface area contributed by atoms with E-state index in [9.17, 15) is 4.79 Å². The molecular formula is C28H21N5O2S. The van der Waals surface area contributed by atoms with E-state index in [4.69, 9.17) is 9.84 Å². The summed E-state index contributed by atoms with van der Waals surface area (Å²) in [5.41, 5.74) is 4.37. The van der Waals surface area contributed by atoms with Crippen LogP contribution in [0.1, 0.15) is 17.0 Å². The summed E-state index contributed by atoms with van der Waals surface area (Å²) >= 11 is 1.30. The molecule has 0 aliphatic rings. The fraction of sp³-hybridized carbons (Fsp3) is 0.0714. The number of aromatic nitrogens is 5. The highest BCUT2D eigenvalue weighted by molar-refractivity contribution is 7.15. The summed E-state index contributed by atoms with van der Waals surface area (Å²) in [6, 6.07) is 27.6. The number of benzene rings is 3. The van der Waals surface area contributed by atoms with Crippen molar-refractivity contribution in [1.29, 1.82) is 0 Å². The lowest BCUT2D eigenvalue weighted by Gasteiger charge is -2.05. The van der Waals surface area contributed by atoms with Gasteiger partial charge in [-0.2, -0.15) is 14.6 Å². The van der Waals surface area contributed by atoms with Crippen LogP contribution >= 0.6 is 11.3 Å². The zero-order valence-corrected chi connectivity index (χ0v) is 20.2. The summed E-state index contributed by atoms with van der Waals surface area (Å²) in [6.45, 7) is 2.18. The number of hydrogen-bond acceptors (Lipinski definition) is 6. The molecule has 176 valence electrons. The average Bonchev–Trinajstić information content (AvgIpc) is 3.60. The third-order valence-corrected chi connectivity index (χ3v) is 6.73. The zero-order chi connectivity index (χ0) is 24.5. The third-order valence-electron chi connectivity index (χ3n) is 5.77. The zero-order valence-electron chi connectivity index (χ0n) is 19.4. The Morgan fingerprint density at radius 1 is 0.917 bits per heavy atom. The van der Waals surface area contributed by atoms with Crippen LogP contribution in [0.4, 0.5) is 0 Å². The maximum atomic E-state index is 13.2. The summed E-state index contributed by atoms with van der Waals surface area (Å²) in [5, 5.41) is 9.22. The van der Waals surface area contributed by atoms with Gasteiger partial charge in [0.25, 0.3) is 5.56 Å². The molecule has 0 fully saturated rings. The number of aryl methyl sites for hydroxylation is 1. The van der Waals surface area contributed by atoms with E-state index in [-0.39, 0.29) is 12.2 Å². The molecule has 3 aromatic heterocycles. The van der Waals surface area contributed by atoms with E-state index in [1.165, 1.54) is 15.9 Å². The summed E-state index contributed by atoms with van der Waals surface area (Å²) in [5.74, 6) is 1.24. The van der Waals surface area contributed by atoms with Crippen LogP contribution in [0.5, 0.6) is 5.75 Å². The lowest BCUT2D eigenvalue weighted by atomic mass is 10.1. The molecule has 0 saturated heterocycles. The van der Waals surface area contributed by atoms with Crippen molar-refractivity contribution in [1.82, 2.24) is 24.4 Å². The topological polar surface area (TPSA) is 74.3 Å². The predicted octanol–water partition coefficient (Wildman–Crippen LogP) is 4.44. The Labute approximate surface area is 210 Å². The van der Waals surface area contributed by atoms with E-state index in [2.05, 4.69) is 10.1 Å². The minimum Gasteiger partial charge on any atom is -0.485 e. The molecule has 0 radical (unpaired) electrons. The summed E-state index contributed by atoms with van der Waals surface area (Å²) < 4.78 is 9.56. The van der Waals surface area contributed by atoms with Gasteiger partial charge in [-0.15, -0.1) is 5.10 Å². The molecule has 0 amide bonds. The molecule has 8 heteroatoms. The van der Waals surface area contributed by atoms with Gasteiger partial charge in [0.05, 0.1) is 15.9 Å². The van der Waals surface area contributed by atoms with Crippen LogP contribution in [-0.2, 0) is 6.61 Å². The van der Waals surface area contributed by atoms with Crippen LogP contribution in [-0.4, -0.2) is 24.4 Å². The van der Waals surface area contributed by atoms with Gasteiger partial charge in [-0.25, -0.2) is 4.68 Å². The molecule has 3 heterocycles. The minimum atomic E-state index is -0.212. The standard InChI is InChI=1S/C28H21N5O2S/c1-19-10-8-9-15-23(19)35-18-25-29-28-33(30-25)27(34)24(36-28)16-21-17-32(22-13-6-3-7-14-22)31-26(21)20-11-4-2-5-12-20/h2-17H,18H2,1H3/b24-16-. The van der Waals surface area contributed by atoms with Crippen molar-refractivity contribution in [2.45, 2.75) is 13.5 Å². The van der Waals surface area contributed by atoms with Gasteiger partial charge in [0.2, 0.25) is 4.96 Å². The summed E-state index contributed by atoms with van der Waals surface area (Å²) in [7, 11) is 0. The van der Waals surface area contributed by atoms with Crippen molar-refractivity contribution in [3.63, 3.8) is 0 Å². The SMILES string of the molecule is Cc1ccccc1OCc1nc2s/c(=C\c3cn(-c4ccccc4)nc3-c3ccccc3)c(=O)n2n1. The molecule has 0 aliphatic heterocycles. The van der Waals surface area contributed by atoms with Crippen molar-refractivity contribution in [2.75, 3.05) is 0 Å². The van der Waals surface area contributed by atoms with Gasteiger partial charge in [0.15, 0.2) is 5.82 Å². The Bertz CT molecular complexity index is 1770. The van der Waals surface area contributed by atoms with E-state index in [0.717, 1.165) is 33.8 Å². The largest absolute Gasteiger partial charge is 0.485 e. The lowest BCUT2D eigenvalue weighted by molar-refractivity contribution is 0.294. The molecule has 0 aliphatic carbocycles. The first kappa shape index (κ1) is 21.9. The molecule has 6 rings (SSSR count). The lowest BCUT2D eigenvalue weighted by Crippen LogP contribution is -2.24. The van der Waals surface area contributed by atoms with Crippen LogP contribution in [0.15, 0.2) is 95.9 Å². The van der Waals surface area contributed by atoms with Gasteiger partial charge in [-0.3, -0.25) is 4.79 Å². The van der Waals surface area contributed by atoms with E-state index in [1.807, 2.05) is 109 Å². The highest BCUT2D eigenvalue weighted by Crippen LogP contribution is 2.24. The fourth-order valence-electron chi connectivity index (χ4n) is 3.96. The first-order chi connectivity index (χ1) is 17.7. The van der Waals surface area contributed by atoms with Crippen molar-refractivity contribution in [3.8, 4) is 22.7 Å². The number of para-hydroxylation sites is 2. The molecule has 36 heavy (non-hydrogen) atoms. The Balaban J connectivity index is 1.37. The highest BCUT2D eigenvalue weighted by atomic mass is 32.1. The van der Waals surface area contributed by atoms with E-state index in [1.54, 1.807) is 0 Å². The molecule has 3 aromatic carbocycles. The Morgan fingerprint density at radius 2 is 1.64 bits per heavy atom. The number of ether oxygens (including phenoxy) is 1. The number of thiazole rings is 1. The molecule has 0 bridgehead atoms. The van der Waals surface area contributed by atoms with Crippen molar-refractivity contribution < 1.29 is 4.74 Å². The molecule has 0 unspecified atom stereocenters. The van der Waals surface area contributed by atoms with Gasteiger partial charge in [-0.05, 0) is 36.8 Å². The highest BCUT2D eigenvalue weighted by Gasteiger charge is 2.14. The smallest absolute Gasteiger partial charge is 0.291 e. The third kappa shape index (κ3) is 4.18. The quantitative estimate of drug-likeness (QED) is 0.344. The van der Waals surface area contributed by atoms with Crippen LogP contribution in [0.2, 0.25) is 0 Å². The normalized spacial score (nSPS) is 11.9. The second-order valence-electron chi connectivity index (χ2n) is 8.27. The monoisotopic (exact) mass is 491 g/mol. The minimum absolute atomic E-state index is 0.194. The number of fused-ring (bicyclic) bond motifs is 1. The number of hydrogen-bond donors (Lipinski definition) is 0. The molecule has 0 N–H and O–H groups in total. The predicted molar refractivity (Wildman–Crippen MR) is 140 cm³/mol. The Hall–Kier alpha value is -4.56. The molecule has 6 aromatic rings. The van der Waals surface area contributed by atoms with E-state index in [0.29, 0.717) is 15.3 Å². The average molecular weight is 492 g/mol. The van der Waals surface area contributed by atoms with Crippen LogP contribution in [0, 0.1) is 6.92 Å². The van der Waals surface area contributed by atoms with Crippen LogP contribution in [0.3, 0.4) is 0 Å². The van der Waals surface area contributed by atoms with Crippen molar-refractivity contribution >= 4 is 22.4 Å². The van der Waals surface area contributed by atoms with Gasteiger partial charge in [0.1, 0.15) is 12.4 Å². The number of nitrogens with zero attached hydrogens (tertiary/aromatic N) is 5. The Kier molecular flexibility index (Phi) is 5.63. The van der Waals surface area contributed by atoms with E-state index >= 15 is 0 Å². The maximum absolute atomic E-state index is 13.2. The van der Waals surface area contributed by atoms with Gasteiger partial charge in [-0.1, -0.05) is 78.1 Å². The summed E-state index contributed by atoms with van der Waals surface area (Å²) in [4.78, 5) is 18.2. The van der Waals surface area contributed by atoms with Gasteiger partial charge < -0.3 is 4.74 Å². The molecule has 0 spiro atoms. The first-order valence-corrected chi connectivity index (χ1v) is 12.3. The van der Waals surface area contributed by atoms with Crippen LogP contribution in [0.25, 0.3) is 28.0 Å². The fourth-order valence-corrected chi connectivity index (χ4v) is 4.88. The summed E-state index contributed by atoms with van der Waals surface area (Å²) in [6.07, 6.45) is 3.80. The second kappa shape index (κ2) is 9.24. The van der Waals surface area contributed by atoms with Crippen LogP contribution < -0.4 is 14.8 Å². The molecule has 7 nitrogen and oxygen atoms in total. The number of rotatable bonds is 6. The van der Waals surface area contributed by atoms with E-state index < -0.39 is 0 Å². The van der Waals surface area contributed by atoms with Gasteiger partial charge in [0, 0.05) is 17.3 Å². The molecular weight excluding hydrogens is 470 g/mol. The molecule has 0 saturated carbocycles. The Morgan fingerprint density at radius 3 is 2.39 bits per heavy atom. The molecule has 0 atom stereocenters. The van der Waals surface area contributed by atoms with Crippen molar-refractivity contribution in [3.05, 3.63) is 123 Å². The maximum Gasteiger partial charge on any atom is 0.291 e.